The van der Waals surface area contributed by atoms with Crippen LogP contribution in [0, 0.1) is 4.64 Å². The first-order valence-electron chi connectivity index (χ1n) is 5.38. The minimum Gasteiger partial charge on any atom is -0.370 e. The van der Waals surface area contributed by atoms with Crippen LogP contribution in [0.5, 0.6) is 0 Å². The molecule has 1 heterocycles. The van der Waals surface area contributed by atoms with Crippen LogP contribution >= 0.6 is 12.2 Å². The molecule has 0 saturated heterocycles. The zero-order valence-corrected chi connectivity index (χ0v) is 9.77. The summed E-state index contributed by atoms with van der Waals surface area (Å²) < 4.78 is 6.40. The number of aromatic amines is 1. The highest BCUT2D eigenvalue weighted by Gasteiger charge is 2.35. The molecular weight excluding hydrogens is 208 g/mol. The number of methoxy groups -OCH3 is 1. The van der Waals surface area contributed by atoms with E-state index < -0.39 is 0 Å². The summed E-state index contributed by atoms with van der Waals surface area (Å²) in [6.07, 6.45) is 7.51. The Bertz CT molecular complexity index is 382. The molecule has 3 nitrogen and oxygen atoms in total. The third-order valence-corrected chi connectivity index (χ3v) is 3.39. The van der Waals surface area contributed by atoms with Crippen molar-refractivity contribution in [2.75, 3.05) is 7.11 Å². The van der Waals surface area contributed by atoms with Crippen molar-refractivity contribution in [2.45, 2.75) is 37.7 Å². The summed E-state index contributed by atoms with van der Waals surface area (Å²) in [5.74, 6) is 0.886. The summed E-state index contributed by atoms with van der Waals surface area (Å²) in [6.45, 7) is 0. The van der Waals surface area contributed by atoms with Gasteiger partial charge in [-0.05, 0) is 18.9 Å². The van der Waals surface area contributed by atoms with Gasteiger partial charge in [0.2, 0.25) is 0 Å². The van der Waals surface area contributed by atoms with E-state index in [1.807, 2.05) is 0 Å². The van der Waals surface area contributed by atoms with E-state index in [-0.39, 0.29) is 5.60 Å². The maximum absolute atomic E-state index is 5.68. The number of hydrogen-bond donors (Lipinski definition) is 1. The molecule has 1 aliphatic carbocycles. The normalized spacial score (nSPS) is 20.1. The first-order valence-corrected chi connectivity index (χ1v) is 5.79. The van der Waals surface area contributed by atoms with E-state index in [0.717, 1.165) is 23.3 Å². The van der Waals surface area contributed by atoms with Crippen LogP contribution in [0.15, 0.2) is 12.3 Å². The van der Waals surface area contributed by atoms with Crippen molar-refractivity contribution in [3.8, 4) is 0 Å². The molecule has 0 radical (unpaired) electrons. The van der Waals surface area contributed by atoms with Crippen LogP contribution in [0.3, 0.4) is 0 Å². The molecule has 1 saturated carbocycles. The quantitative estimate of drug-likeness (QED) is 0.785. The van der Waals surface area contributed by atoms with Gasteiger partial charge in [0.15, 0.2) is 0 Å². The van der Waals surface area contributed by atoms with Crippen molar-refractivity contribution in [3.05, 3.63) is 22.7 Å². The zero-order valence-electron chi connectivity index (χ0n) is 8.95. The molecule has 1 aromatic rings. The van der Waals surface area contributed by atoms with E-state index in [9.17, 15) is 0 Å². The van der Waals surface area contributed by atoms with Gasteiger partial charge in [-0.25, -0.2) is 4.98 Å². The predicted molar refractivity (Wildman–Crippen MR) is 61.2 cm³/mol. The predicted octanol–water partition coefficient (Wildman–Crippen LogP) is 2.94. The molecular formula is C11H16N2OS. The Hall–Kier alpha value is -0.740. The maximum Gasteiger partial charge on any atom is 0.139 e. The van der Waals surface area contributed by atoms with Crippen LogP contribution in [0.4, 0.5) is 0 Å². The van der Waals surface area contributed by atoms with Crippen molar-refractivity contribution in [1.82, 2.24) is 9.97 Å². The molecule has 0 bridgehead atoms. The molecule has 0 unspecified atom stereocenters. The van der Waals surface area contributed by atoms with Crippen molar-refractivity contribution < 1.29 is 4.74 Å². The number of ether oxygens (including phenoxy) is 1. The highest BCUT2D eigenvalue weighted by atomic mass is 32.1. The maximum atomic E-state index is 5.68. The number of H-pyrrole nitrogens is 1. The molecule has 0 amide bonds. The Kier molecular flexibility index (Phi) is 3.17. The molecule has 2 rings (SSSR count). The van der Waals surface area contributed by atoms with E-state index in [2.05, 4.69) is 9.97 Å². The molecule has 1 N–H and O–H groups in total. The lowest BCUT2D eigenvalue weighted by atomic mass is 9.84. The summed E-state index contributed by atoms with van der Waals surface area (Å²) in [6, 6.07) is 1.80. The zero-order chi connectivity index (χ0) is 10.7. The van der Waals surface area contributed by atoms with Gasteiger partial charge in [-0.1, -0.05) is 31.5 Å². The van der Waals surface area contributed by atoms with Crippen molar-refractivity contribution in [1.29, 1.82) is 0 Å². The Morgan fingerprint density at radius 1 is 1.40 bits per heavy atom. The Morgan fingerprint density at radius 2 is 2.13 bits per heavy atom. The van der Waals surface area contributed by atoms with E-state index in [0.29, 0.717) is 0 Å². The average molecular weight is 224 g/mol. The first kappa shape index (κ1) is 10.8. The van der Waals surface area contributed by atoms with Gasteiger partial charge in [-0.2, -0.15) is 0 Å². The van der Waals surface area contributed by atoms with E-state index in [4.69, 9.17) is 17.0 Å². The number of rotatable bonds is 2. The second-order valence-corrected chi connectivity index (χ2v) is 4.48. The summed E-state index contributed by atoms with van der Waals surface area (Å²) in [4.78, 5) is 7.51. The molecule has 4 heteroatoms. The second-order valence-electron chi connectivity index (χ2n) is 4.04. The Labute approximate surface area is 94.9 Å². The van der Waals surface area contributed by atoms with Crippen LogP contribution in [0.1, 0.15) is 37.9 Å². The summed E-state index contributed by atoms with van der Waals surface area (Å²) in [5, 5.41) is 0. The van der Waals surface area contributed by atoms with Crippen molar-refractivity contribution in [3.63, 3.8) is 0 Å². The summed E-state index contributed by atoms with van der Waals surface area (Å²) in [5.41, 5.74) is -0.229. The summed E-state index contributed by atoms with van der Waals surface area (Å²) in [7, 11) is 1.76. The van der Waals surface area contributed by atoms with E-state index in [1.165, 1.54) is 19.3 Å². The topological polar surface area (TPSA) is 37.9 Å². The fourth-order valence-corrected chi connectivity index (χ4v) is 2.42. The lowest BCUT2D eigenvalue weighted by Crippen LogP contribution is -2.33. The van der Waals surface area contributed by atoms with Crippen LogP contribution in [0.25, 0.3) is 0 Å². The van der Waals surface area contributed by atoms with Gasteiger partial charge in [0.1, 0.15) is 16.1 Å². The van der Waals surface area contributed by atoms with E-state index in [1.54, 1.807) is 19.4 Å². The highest BCUT2D eigenvalue weighted by molar-refractivity contribution is 7.71. The summed E-state index contributed by atoms with van der Waals surface area (Å²) >= 11 is 5.12. The number of nitrogens with zero attached hydrogens (tertiary/aromatic N) is 1. The highest BCUT2D eigenvalue weighted by Crippen LogP contribution is 2.37. The molecule has 1 aromatic heterocycles. The Morgan fingerprint density at radius 3 is 2.73 bits per heavy atom. The monoisotopic (exact) mass is 224 g/mol. The molecule has 0 atom stereocenters. The van der Waals surface area contributed by atoms with Gasteiger partial charge in [0, 0.05) is 13.3 Å². The van der Waals surface area contributed by atoms with Gasteiger partial charge >= 0.3 is 0 Å². The lowest BCUT2D eigenvalue weighted by Gasteiger charge is -2.34. The average Bonchev–Trinajstić information content (AvgIpc) is 2.30. The third kappa shape index (κ3) is 2.11. The largest absolute Gasteiger partial charge is 0.370 e. The van der Waals surface area contributed by atoms with Crippen molar-refractivity contribution in [2.24, 2.45) is 0 Å². The van der Waals surface area contributed by atoms with Crippen molar-refractivity contribution >= 4 is 12.2 Å². The molecule has 15 heavy (non-hydrogen) atoms. The van der Waals surface area contributed by atoms with Crippen LogP contribution < -0.4 is 0 Å². The van der Waals surface area contributed by atoms with Gasteiger partial charge in [-0.15, -0.1) is 0 Å². The fourth-order valence-electron chi connectivity index (χ4n) is 2.26. The third-order valence-electron chi connectivity index (χ3n) is 3.15. The molecule has 1 aliphatic rings. The van der Waals surface area contributed by atoms with Crippen LogP contribution in [-0.4, -0.2) is 17.1 Å². The minimum absolute atomic E-state index is 0.229. The first-order chi connectivity index (χ1) is 7.27. The van der Waals surface area contributed by atoms with Gasteiger partial charge in [0.25, 0.3) is 0 Å². The number of aromatic nitrogens is 2. The minimum atomic E-state index is -0.229. The van der Waals surface area contributed by atoms with Gasteiger partial charge < -0.3 is 9.72 Å². The smallest absolute Gasteiger partial charge is 0.139 e. The molecule has 0 spiro atoms. The van der Waals surface area contributed by atoms with E-state index >= 15 is 0 Å². The molecule has 1 fully saturated rings. The number of hydrogen-bond acceptors (Lipinski definition) is 3. The second kappa shape index (κ2) is 4.41. The fraction of sp³-hybridized carbons (Fsp3) is 0.636. The van der Waals surface area contributed by atoms with Crippen LogP contribution in [-0.2, 0) is 10.3 Å². The standard InChI is InChI=1S/C11H16N2OS/c1-14-11(6-3-2-4-7-11)10-12-8-5-9(15)13-10/h5,8H,2-4,6-7H2,1H3,(H,12,13,15). The lowest BCUT2D eigenvalue weighted by molar-refractivity contribution is -0.0515. The Balaban J connectivity index is 2.36. The molecule has 0 aliphatic heterocycles. The molecule has 82 valence electrons. The van der Waals surface area contributed by atoms with Gasteiger partial charge in [-0.3, -0.25) is 0 Å². The number of nitrogens with one attached hydrogen (secondary N) is 1. The molecule has 0 aromatic carbocycles. The van der Waals surface area contributed by atoms with Crippen LogP contribution in [0.2, 0.25) is 0 Å². The SMILES string of the molecule is COC1(c2nccc(=S)[nH]2)CCCCC1. The van der Waals surface area contributed by atoms with Gasteiger partial charge in [0.05, 0.1) is 0 Å².